The highest BCUT2D eigenvalue weighted by Gasteiger charge is 2.14. The Morgan fingerprint density at radius 1 is 1.40 bits per heavy atom. The Labute approximate surface area is 152 Å². The van der Waals surface area contributed by atoms with Crippen LogP contribution >= 0.6 is 23.1 Å². The molecule has 25 heavy (non-hydrogen) atoms. The summed E-state index contributed by atoms with van der Waals surface area (Å²) in [5, 5.41) is 8.08. The van der Waals surface area contributed by atoms with Crippen molar-refractivity contribution in [3.63, 3.8) is 0 Å². The minimum absolute atomic E-state index is 0.173. The van der Waals surface area contributed by atoms with Crippen molar-refractivity contribution in [1.82, 2.24) is 29.6 Å². The summed E-state index contributed by atoms with van der Waals surface area (Å²) in [5.74, 6) is 1.02. The Balaban J connectivity index is 1.76. The van der Waals surface area contributed by atoms with E-state index >= 15 is 0 Å². The molecule has 3 heterocycles. The second-order valence-corrected chi connectivity index (χ2v) is 7.20. The topological polar surface area (TPSA) is 98.7 Å². The van der Waals surface area contributed by atoms with E-state index in [1.807, 2.05) is 13.2 Å². The Hall–Kier alpha value is -1.82. The van der Waals surface area contributed by atoms with Crippen LogP contribution in [0.5, 0.6) is 0 Å². The maximum atomic E-state index is 12.2. The molecule has 0 aliphatic heterocycles. The fraction of sp³-hybridized carbons (Fsp3) is 0.500. The van der Waals surface area contributed by atoms with Gasteiger partial charge in [0, 0.05) is 19.7 Å². The lowest BCUT2D eigenvalue weighted by Crippen LogP contribution is -2.25. The lowest BCUT2D eigenvalue weighted by Gasteiger charge is -2.17. The molecule has 0 fully saturated rings. The standard InChI is InChI=1S/C14H18N6O3S2/c1-4-19(7-11-16-10(8-22-2)18-23-11)6-9-5-12(21)20-13(15-9)25-14(17-20)24-3/h5H,4,6-8H2,1-3H3. The molecule has 11 heteroatoms. The first-order chi connectivity index (χ1) is 12.1. The zero-order chi connectivity index (χ0) is 17.8. The molecular weight excluding hydrogens is 364 g/mol. The van der Waals surface area contributed by atoms with Gasteiger partial charge in [0.2, 0.25) is 10.9 Å². The maximum Gasteiger partial charge on any atom is 0.275 e. The number of fused-ring (bicyclic) bond motifs is 1. The van der Waals surface area contributed by atoms with Gasteiger partial charge in [0.15, 0.2) is 10.2 Å². The van der Waals surface area contributed by atoms with E-state index in [2.05, 4.69) is 25.1 Å². The molecule has 0 aliphatic carbocycles. The maximum absolute atomic E-state index is 12.2. The van der Waals surface area contributed by atoms with E-state index in [0.717, 1.165) is 10.9 Å². The molecule has 0 unspecified atom stereocenters. The quantitative estimate of drug-likeness (QED) is 0.536. The van der Waals surface area contributed by atoms with Crippen molar-refractivity contribution in [1.29, 1.82) is 0 Å². The van der Waals surface area contributed by atoms with Gasteiger partial charge in [0.25, 0.3) is 5.56 Å². The molecule has 0 atom stereocenters. The third-order valence-electron chi connectivity index (χ3n) is 3.43. The number of hydrogen-bond acceptors (Lipinski definition) is 10. The number of nitrogens with zero attached hydrogens (tertiary/aromatic N) is 6. The van der Waals surface area contributed by atoms with Gasteiger partial charge in [-0.1, -0.05) is 35.2 Å². The predicted molar refractivity (Wildman–Crippen MR) is 93.7 cm³/mol. The summed E-state index contributed by atoms with van der Waals surface area (Å²) < 4.78 is 12.4. The summed E-state index contributed by atoms with van der Waals surface area (Å²) >= 11 is 2.90. The minimum Gasteiger partial charge on any atom is -0.377 e. The van der Waals surface area contributed by atoms with Crippen LogP contribution in [0.3, 0.4) is 0 Å². The number of rotatable bonds is 8. The molecule has 0 aromatic carbocycles. The highest BCUT2D eigenvalue weighted by Crippen LogP contribution is 2.20. The van der Waals surface area contributed by atoms with Crippen molar-refractivity contribution in [3.05, 3.63) is 33.8 Å². The van der Waals surface area contributed by atoms with Crippen molar-refractivity contribution in [2.75, 3.05) is 19.9 Å². The molecule has 3 rings (SSSR count). The van der Waals surface area contributed by atoms with Gasteiger partial charge in [-0.25, -0.2) is 4.98 Å². The molecule has 0 bridgehead atoms. The van der Waals surface area contributed by atoms with Gasteiger partial charge in [-0.15, -0.1) is 5.10 Å². The van der Waals surface area contributed by atoms with Crippen LogP contribution in [-0.2, 0) is 24.4 Å². The highest BCUT2D eigenvalue weighted by molar-refractivity contribution is 8.00. The summed E-state index contributed by atoms with van der Waals surface area (Å²) in [6.07, 6.45) is 1.92. The molecule has 0 radical (unpaired) electrons. The summed E-state index contributed by atoms with van der Waals surface area (Å²) in [7, 11) is 1.58. The second kappa shape index (κ2) is 8.04. The smallest absolute Gasteiger partial charge is 0.275 e. The zero-order valence-corrected chi connectivity index (χ0v) is 15.8. The molecule has 3 aromatic heterocycles. The fourth-order valence-electron chi connectivity index (χ4n) is 2.24. The summed E-state index contributed by atoms with van der Waals surface area (Å²) in [4.78, 5) is 23.7. The van der Waals surface area contributed by atoms with E-state index in [-0.39, 0.29) is 5.56 Å². The van der Waals surface area contributed by atoms with E-state index < -0.39 is 0 Å². The van der Waals surface area contributed by atoms with Crippen LogP contribution in [-0.4, -0.2) is 49.5 Å². The SMILES string of the molecule is CCN(Cc1cc(=O)n2nc(SC)sc2n1)Cc1nc(COC)no1. The van der Waals surface area contributed by atoms with Crippen LogP contribution in [0.2, 0.25) is 0 Å². The van der Waals surface area contributed by atoms with Gasteiger partial charge in [-0.05, 0) is 12.8 Å². The van der Waals surface area contributed by atoms with Crippen LogP contribution < -0.4 is 5.56 Å². The Morgan fingerprint density at radius 2 is 2.24 bits per heavy atom. The molecule has 0 spiro atoms. The van der Waals surface area contributed by atoms with Crippen molar-refractivity contribution < 1.29 is 9.26 Å². The minimum atomic E-state index is -0.173. The molecule has 0 N–H and O–H groups in total. The normalized spacial score (nSPS) is 11.7. The number of methoxy groups -OCH3 is 1. The Morgan fingerprint density at radius 3 is 2.96 bits per heavy atom. The molecule has 0 saturated carbocycles. The monoisotopic (exact) mass is 382 g/mol. The number of hydrogen-bond donors (Lipinski definition) is 0. The number of aromatic nitrogens is 5. The van der Waals surface area contributed by atoms with Crippen molar-refractivity contribution in [2.24, 2.45) is 0 Å². The third-order valence-corrected chi connectivity index (χ3v) is 5.31. The molecular formula is C14H18N6O3S2. The van der Waals surface area contributed by atoms with Gasteiger partial charge < -0.3 is 9.26 Å². The van der Waals surface area contributed by atoms with Gasteiger partial charge in [-0.3, -0.25) is 9.69 Å². The van der Waals surface area contributed by atoms with E-state index in [1.54, 1.807) is 7.11 Å². The van der Waals surface area contributed by atoms with Gasteiger partial charge in [-0.2, -0.15) is 9.50 Å². The average molecular weight is 382 g/mol. The van der Waals surface area contributed by atoms with E-state index in [1.165, 1.54) is 33.7 Å². The summed E-state index contributed by atoms with van der Waals surface area (Å²) in [6.45, 7) is 4.08. The van der Waals surface area contributed by atoms with Crippen LogP contribution in [0.1, 0.15) is 24.3 Å². The van der Waals surface area contributed by atoms with Crippen LogP contribution in [0.25, 0.3) is 4.96 Å². The molecule has 0 aliphatic rings. The fourth-order valence-corrected chi connectivity index (χ4v) is 3.62. The lowest BCUT2D eigenvalue weighted by atomic mass is 10.3. The summed E-state index contributed by atoms with van der Waals surface area (Å²) in [5.41, 5.74) is 0.521. The van der Waals surface area contributed by atoms with Crippen molar-refractivity contribution >= 4 is 28.1 Å². The molecule has 9 nitrogen and oxygen atoms in total. The first-order valence-corrected chi connectivity index (χ1v) is 9.63. The van der Waals surface area contributed by atoms with Crippen LogP contribution in [0.15, 0.2) is 19.7 Å². The Kier molecular flexibility index (Phi) is 5.78. The van der Waals surface area contributed by atoms with Crippen LogP contribution in [0, 0.1) is 0 Å². The predicted octanol–water partition coefficient (Wildman–Crippen LogP) is 1.42. The van der Waals surface area contributed by atoms with E-state index in [0.29, 0.717) is 42.1 Å². The first-order valence-electron chi connectivity index (χ1n) is 7.59. The van der Waals surface area contributed by atoms with Gasteiger partial charge >= 0.3 is 0 Å². The largest absolute Gasteiger partial charge is 0.377 e. The lowest BCUT2D eigenvalue weighted by molar-refractivity contribution is 0.174. The molecule has 134 valence electrons. The Bertz CT molecular complexity index is 905. The molecule has 0 amide bonds. The second-order valence-electron chi connectivity index (χ2n) is 5.19. The molecule has 0 saturated heterocycles. The zero-order valence-electron chi connectivity index (χ0n) is 14.1. The third kappa shape index (κ3) is 4.24. The van der Waals surface area contributed by atoms with E-state index in [9.17, 15) is 4.79 Å². The number of ether oxygens (including phenoxy) is 1. The van der Waals surface area contributed by atoms with E-state index in [4.69, 9.17) is 9.26 Å². The first kappa shape index (κ1) is 18.0. The average Bonchev–Trinajstić information content (AvgIpc) is 3.21. The van der Waals surface area contributed by atoms with Crippen molar-refractivity contribution in [2.45, 2.75) is 31.0 Å². The molecule has 3 aromatic rings. The highest BCUT2D eigenvalue weighted by atomic mass is 32.2. The van der Waals surface area contributed by atoms with Gasteiger partial charge in [0.05, 0.1) is 12.2 Å². The van der Waals surface area contributed by atoms with Crippen molar-refractivity contribution in [3.8, 4) is 0 Å². The van der Waals surface area contributed by atoms with Gasteiger partial charge in [0.1, 0.15) is 6.61 Å². The van der Waals surface area contributed by atoms with Crippen LogP contribution in [0.4, 0.5) is 0 Å². The number of thioether (sulfide) groups is 1. The summed E-state index contributed by atoms with van der Waals surface area (Å²) in [6, 6.07) is 1.52.